The van der Waals surface area contributed by atoms with Gasteiger partial charge in [0.2, 0.25) is 0 Å². The van der Waals surface area contributed by atoms with Gasteiger partial charge in [-0.15, -0.1) is 0 Å². The van der Waals surface area contributed by atoms with Crippen molar-refractivity contribution in [3.05, 3.63) is 48.3 Å². The minimum atomic E-state index is -0.167. The van der Waals surface area contributed by atoms with Gasteiger partial charge in [0.25, 0.3) is 0 Å². The highest BCUT2D eigenvalue weighted by molar-refractivity contribution is 5.16. The third-order valence-corrected chi connectivity index (χ3v) is 5.01. The monoisotopic (exact) mass is 345 g/mol. The summed E-state index contributed by atoms with van der Waals surface area (Å²) in [7, 11) is 0. The summed E-state index contributed by atoms with van der Waals surface area (Å²) >= 11 is 0. The number of rotatable bonds is 6. The molecule has 2 aromatic rings. The molecule has 0 N–H and O–H groups in total. The topological polar surface area (TPSA) is 37.2 Å². The standard InChI is InChI=1S/C19H28FN5/c1-16(2)19-13-23(10-11-25-15-21-14-22-25)8-3-9-24(19)12-17-4-6-18(20)7-5-17/h4-7,14-16,19H,3,8-13H2,1-2H3. The molecule has 0 bridgehead atoms. The number of benzene rings is 1. The Morgan fingerprint density at radius 1 is 1.16 bits per heavy atom. The lowest BCUT2D eigenvalue weighted by Gasteiger charge is -2.34. The minimum Gasteiger partial charge on any atom is -0.300 e. The average Bonchev–Trinajstić information content (AvgIpc) is 3.03. The largest absolute Gasteiger partial charge is 0.300 e. The van der Waals surface area contributed by atoms with Gasteiger partial charge in [0, 0.05) is 32.2 Å². The molecule has 25 heavy (non-hydrogen) atoms. The SMILES string of the molecule is CC(C)C1CN(CCn2cncn2)CCCN1Cc1ccc(F)cc1. The van der Waals surface area contributed by atoms with Gasteiger partial charge in [0.05, 0.1) is 6.54 Å². The predicted molar refractivity (Wildman–Crippen MR) is 96.5 cm³/mol. The maximum Gasteiger partial charge on any atom is 0.137 e. The van der Waals surface area contributed by atoms with Crippen molar-refractivity contribution >= 4 is 0 Å². The number of nitrogens with zero attached hydrogens (tertiary/aromatic N) is 5. The number of hydrogen-bond donors (Lipinski definition) is 0. The summed E-state index contributed by atoms with van der Waals surface area (Å²) in [6, 6.07) is 7.42. The second-order valence-electron chi connectivity index (χ2n) is 7.22. The molecule has 0 spiro atoms. The van der Waals surface area contributed by atoms with Crippen molar-refractivity contribution in [2.24, 2.45) is 5.92 Å². The van der Waals surface area contributed by atoms with Gasteiger partial charge in [-0.1, -0.05) is 26.0 Å². The first-order valence-corrected chi connectivity index (χ1v) is 9.15. The van der Waals surface area contributed by atoms with E-state index in [1.165, 1.54) is 5.56 Å². The highest BCUT2D eigenvalue weighted by atomic mass is 19.1. The summed E-state index contributed by atoms with van der Waals surface area (Å²) in [5.41, 5.74) is 1.18. The van der Waals surface area contributed by atoms with Crippen LogP contribution >= 0.6 is 0 Å². The van der Waals surface area contributed by atoms with Crippen LogP contribution < -0.4 is 0 Å². The number of halogens is 1. The van der Waals surface area contributed by atoms with E-state index in [1.54, 1.807) is 24.8 Å². The Labute approximate surface area is 149 Å². The fourth-order valence-electron chi connectivity index (χ4n) is 3.58. The highest BCUT2D eigenvalue weighted by Crippen LogP contribution is 2.20. The second kappa shape index (κ2) is 8.54. The van der Waals surface area contributed by atoms with Crippen LogP contribution in [-0.2, 0) is 13.1 Å². The fraction of sp³-hybridized carbons (Fsp3) is 0.579. The van der Waals surface area contributed by atoms with E-state index in [9.17, 15) is 4.39 Å². The van der Waals surface area contributed by atoms with E-state index < -0.39 is 0 Å². The molecule has 136 valence electrons. The van der Waals surface area contributed by atoms with Crippen LogP contribution in [0.3, 0.4) is 0 Å². The second-order valence-corrected chi connectivity index (χ2v) is 7.22. The van der Waals surface area contributed by atoms with E-state index in [-0.39, 0.29) is 5.82 Å². The van der Waals surface area contributed by atoms with E-state index in [1.807, 2.05) is 16.8 Å². The third-order valence-electron chi connectivity index (χ3n) is 5.01. The summed E-state index contributed by atoms with van der Waals surface area (Å²) in [5.74, 6) is 0.409. The molecule has 3 rings (SSSR count). The van der Waals surface area contributed by atoms with Gasteiger partial charge in [-0.2, -0.15) is 5.10 Å². The van der Waals surface area contributed by atoms with Crippen LogP contribution in [0.4, 0.5) is 4.39 Å². The van der Waals surface area contributed by atoms with Crippen molar-refractivity contribution in [3.63, 3.8) is 0 Å². The molecule has 0 aliphatic carbocycles. The van der Waals surface area contributed by atoms with Gasteiger partial charge in [-0.3, -0.25) is 14.5 Å². The van der Waals surface area contributed by atoms with Gasteiger partial charge in [-0.25, -0.2) is 9.37 Å². The Morgan fingerprint density at radius 3 is 2.64 bits per heavy atom. The molecule has 6 heteroatoms. The minimum absolute atomic E-state index is 0.167. The molecule has 1 fully saturated rings. The quantitative estimate of drug-likeness (QED) is 0.807. The molecule has 1 saturated heterocycles. The van der Waals surface area contributed by atoms with Crippen LogP contribution in [0.2, 0.25) is 0 Å². The maximum absolute atomic E-state index is 13.2. The van der Waals surface area contributed by atoms with Crippen molar-refractivity contribution in [2.45, 2.75) is 39.4 Å². The molecule has 1 aliphatic heterocycles. The first kappa shape index (κ1) is 18.0. The van der Waals surface area contributed by atoms with E-state index in [0.717, 1.165) is 45.7 Å². The molecule has 0 radical (unpaired) electrons. The highest BCUT2D eigenvalue weighted by Gasteiger charge is 2.27. The first-order valence-electron chi connectivity index (χ1n) is 9.15. The third kappa shape index (κ3) is 5.09. The molecule has 1 aromatic heterocycles. The summed E-state index contributed by atoms with van der Waals surface area (Å²) in [5, 5.41) is 4.19. The number of aromatic nitrogens is 3. The Hall–Kier alpha value is -1.79. The molecule has 5 nitrogen and oxygen atoms in total. The van der Waals surface area contributed by atoms with Crippen molar-refractivity contribution < 1.29 is 4.39 Å². The van der Waals surface area contributed by atoms with E-state index in [4.69, 9.17) is 0 Å². The van der Waals surface area contributed by atoms with Crippen molar-refractivity contribution in [2.75, 3.05) is 26.2 Å². The zero-order chi connectivity index (χ0) is 17.6. The smallest absolute Gasteiger partial charge is 0.137 e. The number of hydrogen-bond acceptors (Lipinski definition) is 4. The summed E-state index contributed by atoms with van der Waals surface area (Å²) in [6.45, 7) is 10.6. The first-order chi connectivity index (χ1) is 12.1. The molecular weight excluding hydrogens is 317 g/mol. The lowest BCUT2D eigenvalue weighted by Crippen LogP contribution is -2.44. The lowest BCUT2D eigenvalue weighted by molar-refractivity contribution is 0.130. The van der Waals surface area contributed by atoms with Gasteiger partial charge in [-0.05, 0) is 36.6 Å². The van der Waals surface area contributed by atoms with Crippen LogP contribution in [0.5, 0.6) is 0 Å². The lowest BCUT2D eigenvalue weighted by atomic mass is 10.0. The van der Waals surface area contributed by atoms with Crippen LogP contribution in [0.25, 0.3) is 0 Å². The predicted octanol–water partition coefficient (Wildman–Crippen LogP) is 2.65. The van der Waals surface area contributed by atoms with Crippen molar-refractivity contribution in [1.29, 1.82) is 0 Å². The van der Waals surface area contributed by atoms with Crippen LogP contribution in [0, 0.1) is 11.7 Å². The van der Waals surface area contributed by atoms with Crippen LogP contribution in [0.15, 0.2) is 36.9 Å². The van der Waals surface area contributed by atoms with Gasteiger partial charge >= 0.3 is 0 Å². The normalized spacial score (nSPS) is 20.1. The fourth-order valence-corrected chi connectivity index (χ4v) is 3.58. The van der Waals surface area contributed by atoms with E-state index >= 15 is 0 Å². The molecule has 1 atom stereocenters. The Balaban J connectivity index is 1.62. The Bertz CT molecular complexity index is 626. The van der Waals surface area contributed by atoms with Crippen LogP contribution in [0.1, 0.15) is 25.8 Å². The summed E-state index contributed by atoms with van der Waals surface area (Å²) < 4.78 is 15.1. The van der Waals surface area contributed by atoms with Gasteiger partial charge in [0.15, 0.2) is 0 Å². The van der Waals surface area contributed by atoms with Crippen molar-refractivity contribution in [3.8, 4) is 0 Å². The molecule has 1 aliphatic rings. The van der Waals surface area contributed by atoms with Crippen LogP contribution in [-0.4, -0.2) is 56.8 Å². The van der Waals surface area contributed by atoms with Crippen molar-refractivity contribution in [1.82, 2.24) is 24.6 Å². The molecule has 1 unspecified atom stereocenters. The zero-order valence-corrected chi connectivity index (χ0v) is 15.2. The summed E-state index contributed by atoms with van der Waals surface area (Å²) in [4.78, 5) is 9.11. The molecule has 1 aromatic carbocycles. The van der Waals surface area contributed by atoms with Gasteiger partial charge < -0.3 is 0 Å². The van der Waals surface area contributed by atoms with Gasteiger partial charge in [0.1, 0.15) is 18.5 Å². The Kier molecular flexibility index (Phi) is 6.15. The van der Waals surface area contributed by atoms with E-state index in [0.29, 0.717) is 12.0 Å². The molecule has 0 amide bonds. The zero-order valence-electron chi connectivity index (χ0n) is 15.2. The average molecular weight is 345 g/mol. The summed E-state index contributed by atoms with van der Waals surface area (Å²) in [6.07, 6.45) is 4.52. The maximum atomic E-state index is 13.2. The Morgan fingerprint density at radius 2 is 1.96 bits per heavy atom. The van der Waals surface area contributed by atoms with E-state index in [2.05, 4.69) is 33.7 Å². The molecule has 2 heterocycles. The molecular formula is C19H28FN5. The molecule has 0 saturated carbocycles.